The van der Waals surface area contributed by atoms with Crippen LogP contribution in [-0.2, 0) is 4.79 Å². The highest BCUT2D eigenvalue weighted by Gasteiger charge is 2.18. The molecule has 5 heteroatoms. The van der Waals surface area contributed by atoms with E-state index in [9.17, 15) is 14.9 Å². The van der Waals surface area contributed by atoms with Gasteiger partial charge in [-0.25, -0.2) is 4.79 Å². The predicted molar refractivity (Wildman–Crippen MR) is 58.4 cm³/mol. The van der Waals surface area contributed by atoms with Crippen LogP contribution in [0.2, 0.25) is 0 Å². The monoisotopic (exact) mass is 221 g/mol. The van der Waals surface area contributed by atoms with E-state index in [4.69, 9.17) is 4.74 Å². The number of carbonyl (C=O) groups excluding carboxylic acids is 1. The highest BCUT2D eigenvalue weighted by atomic mass is 16.6. The third kappa shape index (κ3) is 2.25. The number of hydrogen-bond donors (Lipinski definition) is 0. The van der Waals surface area contributed by atoms with Gasteiger partial charge < -0.3 is 4.74 Å². The molecule has 0 aliphatic heterocycles. The number of rotatable bonds is 3. The average molecular weight is 221 g/mol. The molecule has 0 N–H and O–H groups in total. The summed E-state index contributed by atoms with van der Waals surface area (Å²) in [7, 11) is 0. The van der Waals surface area contributed by atoms with E-state index in [0.717, 1.165) is 6.08 Å². The number of aryl methyl sites for hydroxylation is 1. The van der Waals surface area contributed by atoms with Crippen molar-refractivity contribution in [1.29, 1.82) is 0 Å². The molecule has 0 saturated heterocycles. The van der Waals surface area contributed by atoms with E-state index in [1.54, 1.807) is 6.92 Å². The molecule has 0 aliphatic rings. The molecular formula is C11H11NO4. The predicted octanol–water partition coefficient (Wildman–Crippen LogP) is 2.30. The molecule has 84 valence electrons. The SMILES string of the molecule is C=CC(=O)Oc1c(C)ccc([N+](=O)[O-])c1C. The first-order valence-corrected chi connectivity index (χ1v) is 4.56. The van der Waals surface area contributed by atoms with Crippen LogP contribution in [0.1, 0.15) is 11.1 Å². The molecule has 0 amide bonds. The molecule has 0 saturated carbocycles. The number of hydrogen-bond acceptors (Lipinski definition) is 4. The molecule has 0 heterocycles. The van der Waals surface area contributed by atoms with E-state index < -0.39 is 10.9 Å². The molecule has 1 aromatic carbocycles. The highest BCUT2D eigenvalue weighted by molar-refractivity contribution is 5.84. The van der Waals surface area contributed by atoms with Crippen molar-refractivity contribution in [3.05, 3.63) is 46.0 Å². The fraction of sp³-hybridized carbons (Fsp3) is 0.182. The minimum atomic E-state index is -0.633. The Morgan fingerprint density at radius 1 is 1.50 bits per heavy atom. The van der Waals surface area contributed by atoms with Gasteiger partial charge in [-0.2, -0.15) is 0 Å². The van der Waals surface area contributed by atoms with Crippen LogP contribution < -0.4 is 4.74 Å². The van der Waals surface area contributed by atoms with Gasteiger partial charge in [0.05, 0.1) is 10.5 Å². The lowest BCUT2D eigenvalue weighted by atomic mass is 10.1. The Labute approximate surface area is 92.5 Å². The Kier molecular flexibility index (Phi) is 3.40. The summed E-state index contributed by atoms with van der Waals surface area (Å²) in [5.41, 5.74) is 0.927. The van der Waals surface area contributed by atoms with Crippen LogP contribution in [0, 0.1) is 24.0 Å². The lowest BCUT2D eigenvalue weighted by Crippen LogP contribution is -2.07. The molecular weight excluding hydrogens is 210 g/mol. The van der Waals surface area contributed by atoms with Gasteiger partial charge in [0, 0.05) is 12.1 Å². The van der Waals surface area contributed by atoms with Gasteiger partial charge in [0.1, 0.15) is 5.75 Å². The van der Waals surface area contributed by atoms with E-state index in [1.165, 1.54) is 19.1 Å². The number of esters is 1. The molecule has 0 atom stereocenters. The average Bonchev–Trinajstić information content (AvgIpc) is 2.23. The summed E-state index contributed by atoms with van der Waals surface area (Å²) in [4.78, 5) is 21.2. The third-order valence-corrected chi connectivity index (χ3v) is 2.14. The maximum absolute atomic E-state index is 11.1. The van der Waals surface area contributed by atoms with Crippen molar-refractivity contribution in [3.8, 4) is 5.75 Å². The highest BCUT2D eigenvalue weighted by Crippen LogP contribution is 2.30. The molecule has 0 radical (unpaired) electrons. The zero-order valence-corrected chi connectivity index (χ0v) is 9.02. The lowest BCUT2D eigenvalue weighted by Gasteiger charge is -2.08. The van der Waals surface area contributed by atoms with Crippen LogP contribution in [0.15, 0.2) is 24.8 Å². The van der Waals surface area contributed by atoms with Crippen molar-refractivity contribution >= 4 is 11.7 Å². The maximum atomic E-state index is 11.1. The van der Waals surface area contributed by atoms with E-state index >= 15 is 0 Å². The van der Waals surface area contributed by atoms with Gasteiger partial charge in [-0.3, -0.25) is 10.1 Å². The molecule has 0 aliphatic carbocycles. The van der Waals surface area contributed by atoms with E-state index in [2.05, 4.69) is 6.58 Å². The summed E-state index contributed by atoms with van der Waals surface area (Å²) < 4.78 is 4.95. The summed E-state index contributed by atoms with van der Waals surface area (Å²) in [6.07, 6.45) is 1.01. The maximum Gasteiger partial charge on any atom is 0.335 e. The van der Waals surface area contributed by atoms with Crippen molar-refractivity contribution in [1.82, 2.24) is 0 Å². The molecule has 16 heavy (non-hydrogen) atoms. The number of nitro groups is 1. The Bertz CT molecular complexity index is 465. The van der Waals surface area contributed by atoms with Gasteiger partial charge in [-0.15, -0.1) is 0 Å². The minimum absolute atomic E-state index is 0.0718. The fourth-order valence-electron chi connectivity index (χ4n) is 1.31. The molecule has 0 fully saturated rings. The first kappa shape index (κ1) is 11.9. The fourth-order valence-corrected chi connectivity index (χ4v) is 1.31. The molecule has 0 spiro atoms. The summed E-state index contributed by atoms with van der Waals surface area (Å²) in [6.45, 7) is 6.51. The topological polar surface area (TPSA) is 69.4 Å². The Morgan fingerprint density at radius 3 is 2.62 bits per heavy atom. The number of benzene rings is 1. The van der Waals surface area contributed by atoms with E-state index in [1.807, 2.05) is 0 Å². The van der Waals surface area contributed by atoms with Gasteiger partial charge in [0.15, 0.2) is 0 Å². The first-order chi connectivity index (χ1) is 7.47. The van der Waals surface area contributed by atoms with Crippen molar-refractivity contribution in [3.63, 3.8) is 0 Å². The second-order valence-corrected chi connectivity index (χ2v) is 3.24. The van der Waals surface area contributed by atoms with Crippen molar-refractivity contribution in [2.24, 2.45) is 0 Å². The van der Waals surface area contributed by atoms with Crippen LogP contribution in [-0.4, -0.2) is 10.9 Å². The van der Waals surface area contributed by atoms with Gasteiger partial charge in [0.2, 0.25) is 0 Å². The largest absolute Gasteiger partial charge is 0.423 e. The van der Waals surface area contributed by atoms with Gasteiger partial charge in [-0.1, -0.05) is 6.58 Å². The summed E-state index contributed by atoms with van der Waals surface area (Å²) in [5.74, 6) is -0.411. The number of ether oxygens (including phenoxy) is 1. The summed E-state index contributed by atoms with van der Waals surface area (Å²) in [6, 6.07) is 2.92. The van der Waals surface area contributed by atoms with Crippen LogP contribution in [0.5, 0.6) is 5.75 Å². The first-order valence-electron chi connectivity index (χ1n) is 4.56. The minimum Gasteiger partial charge on any atom is -0.423 e. The zero-order valence-electron chi connectivity index (χ0n) is 9.02. The Hall–Kier alpha value is -2.17. The van der Waals surface area contributed by atoms with Gasteiger partial charge in [-0.05, 0) is 25.5 Å². The molecule has 0 unspecified atom stereocenters. The number of nitro benzene ring substituents is 1. The second kappa shape index (κ2) is 4.57. The Morgan fingerprint density at radius 2 is 2.12 bits per heavy atom. The van der Waals surface area contributed by atoms with Crippen LogP contribution in [0.3, 0.4) is 0 Å². The van der Waals surface area contributed by atoms with Crippen LogP contribution in [0.4, 0.5) is 5.69 Å². The lowest BCUT2D eigenvalue weighted by molar-refractivity contribution is -0.385. The van der Waals surface area contributed by atoms with E-state index in [0.29, 0.717) is 11.1 Å². The zero-order chi connectivity index (χ0) is 12.3. The molecule has 0 aromatic heterocycles. The van der Waals surface area contributed by atoms with E-state index in [-0.39, 0.29) is 11.4 Å². The molecule has 1 rings (SSSR count). The smallest absolute Gasteiger partial charge is 0.335 e. The van der Waals surface area contributed by atoms with Crippen molar-refractivity contribution in [2.45, 2.75) is 13.8 Å². The summed E-state index contributed by atoms with van der Waals surface area (Å²) in [5, 5.41) is 10.7. The summed E-state index contributed by atoms with van der Waals surface area (Å²) >= 11 is 0. The molecule has 5 nitrogen and oxygen atoms in total. The molecule has 1 aromatic rings. The number of carbonyl (C=O) groups is 1. The Balaban J connectivity index is 3.26. The standard InChI is InChI=1S/C11H11NO4/c1-4-10(13)16-11-7(2)5-6-9(8(11)3)12(14)15/h4-6H,1H2,2-3H3. The van der Waals surface area contributed by atoms with Crippen LogP contribution >= 0.6 is 0 Å². The normalized spacial score (nSPS) is 9.62. The second-order valence-electron chi connectivity index (χ2n) is 3.24. The van der Waals surface area contributed by atoms with Gasteiger partial charge >= 0.3 is 5.97 Å². The van der Waals surface area contributed by atoms with Crippen molar-refractivity contribution < 1.29 is 14.5 Å². The number of nitrogens with zero attached hydrogens (tertiary/aromatic N) is 1. The third-order valence-electron chi connectivity index (χ3n) is 2.14. The van der Waals surface area contributed by atoms with Crippen LogP contribution in [0.25, 0.3) is 0 Å². The quantitative estimate of drug-likeness (QED) is 0.258. The van der Waals surface area contributed by atoms with Crippen molar-refractivity contribution in [2.75, 3.05) is 0 Å². The van der Waals surface area contributed by atoms with Gasteiger partial charge in [0.25, 0.3) is 5.69 Å². The molecule has 0 bridgehead atoms.